The number of nitrogens with zero attached hydrogens (tertiary/aromatic N) is 8. The molecule has 0 amide bonds. The maximum Gasteiger partial charge on any atom is 0.281 e. The fourth-order valence-corrected chi connectivity index (χ4v) is 5.29. The third-order valence-electron chi connectivity index (χ3n) is 6.22. The SMILES string of the molecule is CC(C)Nc1nc(N[C@@H]2CCN(S(C)(=O)=O)CC2(F)F)nn2ccc(-c3ccc4nnn(CC(F)F)c4n3)c12. The maximum atomic E-state index is 14.9. The molecule has 39 heavy (non-hydrogen) atoms. The van der Waals surface area contributed by atoms with E-state index in [1.165, 1.54) is 4.52 Å². The molecule has 0 aliphatic carbocycles. The second kappa shape index (κ2) is 9.86. The lowest BCUT2D eigenvalue weighted by Crippen LogP contribution is -2.55. The highest BCUT2D eigenvalue weighted by Gasteiger charge is 2.47. The first-order chi connectivity index (χ1) is 18.3. The molecule has 17 heteroatoms. The van der Waals surface area contributed by atoms with Crippen molar-refractivity contribution in [1.82, 2.24) is 38.9 Å². The molecule has 0 bridgehead atoms. The second-order valence-electron chi connectivity index (χ2n) is 9.65. The predicted molar refractivity (Wildman–Crippen MR) is 135 cm³/mol. The van der Waals surface area contributed by atoms with Gasteiger partial charge in [0.05, 0.1) is 24.5 Å². The number of anilines is 2. The minimum absolute atomic E-state index is 0.0652. The van der Waals surface area contributed by atoms with Gasteiger partial charge >= 0.3 is 0 Å². The summed E-state index contributed by atoms with van der Waals surface area (Å²) in [5.74, 6) is -3.10. The Labute approximate surface area is 220 Å². The quantitative estimate of drug-likeness (QED) is 0.307. The van der Waals surface area contributed by atoms with Gasteiger partial charge in [-0.1, -0.05) is 5.21 Å². The van der Waals surface area contributed by atoms with Gasteiger partial charge in [0, 0.05) is 24.3 Å². The van der Waals surface area contributed by atoms with E-state index in [2.05, 4.69) is 36.0 Å². The molecule has 210 valence electrons. The molecular formula is C22H26F4N10O2S. The summed E-state index contributed by atoms with van der Waals surface area (Å²) in [6.07, 6.45) is -0.274. The van der Waals surface area contributed by atoms with E-state index < -0.39 is 41.5 Å². The summed E-state index contributed by atoms with van der Waals surface area (Å²) in [5.41, 5.74) is 2.04. The van der Waals surface area contributed by atoms with E-state index in [0.29, 0.717) is 28.1 Å². The summed E-state index contributed by atoms with van der Waals surface area (Å²) in [6, 6.07) is 3.51. The fraction of sp³-hybridized carbons (Fsp3) is 0.500. The van der Waals surface area contributed by atoms with E-state index in [1.54, 1.807) is 24.4 Å². The van der Waals surface area contributed by atoms with Crippen LogP contribution in [0, 0.1) is 0 Å². The first-order valence-corrected chi connectivity index (χ1v) is 13.9. The Morgan fingerprint density at radius 3 is 2.62 bits per heavy atom. The highest BCUT2D eigenvalue weighted by atomic mass is 32.2. The molecule has 12 nitrogen and oxygen atoms in total. The molecule has 4 aromatic heterocycles. The van der Waals surface area contributed by atoms with Crippen molar-refractivity contribution in [3.05, 3.63) is 24.4 Å². The molecule has 0 aromatic carbocycles. The largest absolute Gasteiger partial charge is 0.366 e. The molecule has 0 unspecified atom stereocenters. The van der Waals surface area contributed by atoms with Gasteiger partial charge in [0.1, 0.15) is 17.6 Å². The standard InChI is InChI=1S/C22H26F4N10O2S/c1-12(2)27-19-18-13(14-4-5-15-20(28-14)36(33-31-15)10-17(23)24)6-9-35(18)32-21(30-19)29-16-7-8-34(39(3,37)38)11-22(16,25)26/h4-6,9,12,16-17H,7-8,10-11H2,1-3H3,(H2,27,29,30,32)/t16-/m1/s1. The number of fused-ring (bicyclic) bond motifs is 2. The number of nitrogens with one attached hydrogen (secondary N) is 2. The van der Waals surface area contributed by atoms with Crippen molar-refractivity contribution in [2.45, 2.75) is 51.2 Å². The van der Waals surface area contributed by atoms with Crippen LogP contribution >= 0.6 is 0 Å². The minimum atomic E-state index is -3.76. The van der Waals surface area contributed by atoms with Crippen LogP contribution in [-0.4, -0.2) is 91.1 Å². The molecule has 0 spiro atoms. The van der Waals surface area contributed by atoms with Gasteiger partial charge in [-0.25, -0.2) is 40.2 Å². The van der Waals surface area contributed by atoms with Crippen LogP contribution < -0.4 is 10.6 Å². The third-order valence-corrected chi connectivity index (χ3v) is 7.47. The van der Waals surface area contributed by atoms with Gasteiger partial charge in [0.2, 0.25) is 16.0 Å². The van der Waals surface area contributed by atoms with Crippen molar-refractivity contribution in [2.75, 3.05) is 30.0 Å². The number of rotatable bonds is 8. The van der Waals surface area contributed by atoms with E-state index in [4.69, 9.17) is 0 Å². The zero-order valence-electron chi connectivity index (χ0n) is 21.2. The lowest BCUT2D eigenvalue weighted by molar-refractivity contribution is -0.0541. The molecule has 1 aliphatic rings. The van der Waals surface area contributed by atoms with Crippen molar-refractivity contribution in [2.24, 2.45) is 0 Å². The van der Waals surface area contributed by atoms with Gasteiger partial charge in [0.25, 0.3) is 12.3 Å². The molecule has 2 N–H and O–H groups in total. The van der Waals surface area contributed by atoms with Crippen LogP contribution in [-0.2, 0) is 16.6 Å². The van der Waals surface area contributed by atoms with Crippen molar-refractivity contribution in [3.8, 4) is 11.3 Å². The molecule has 0 saturated carbocycles. The van der Waals surface area contributed by atoms with Gasteiger partial charge in [0.15, 0.2) is 11.5 Å². The highest BCUT2D eigenvalue weighted by Crippen LogP contribution is 2.33. The molecule has 1 atom stereocenters. The van der Waals surface area contributed by atoms with Gasteiger partial charge in [-0.05, 0) is 38.5 Å². The van der Waals surface area contributed by atoms with Crippen LogP contribution in [0.3, 0.4) is 0 Å². The van der Waals surface area contributed by atoms with Crippen LogP contribution in [0.25, 0.3) is 27.9 Å². The van der Waals surface area contributed by atoms with Crippen molar-refractivity contribution in [3.63, 3.8) is 0 Å². The van der Waals surface area contributed by atoms with Gasteiger partial charge in [-0.3, -0.25) is 0 Å². The Morgan fingerprint density at radius 1 is 1.18 bits per heavy atom. The van der Waals surface area contributed by atoms with E-state index in [-0.39, 0.29) is 30.6 Å². The van der Waals surface area contributed by atoms with Gasteiger partial charge < -0.3 is 10.6 Å². The number of hydrogen-bond acceptors (Lipinski definition) is 9. The number of sulfonamides is 1. The molecule has 4 aromatic rings. The number of pyridine rings is 1. The number of hydrogen-bond donors (Lipinski definition) is 2. The zero-order valence-corrected chi connectivity index (χ0v) is 22.0. The summed E-state index contributed by atoms with van der Waals surface area (Å²) >= 11 is 0. The first-order valence-electron chi connectivity index (χ1n) is 12.1. The molecular weight excluding hydrogens is 544 g/mol. The number of alkyl halides is 4. The Kier molecular flexibility index (Phi) is 6.82. The summed E-state index contributed by atoms with van der Waals surface area (Å²) in [6.45, 7) is 2.09. The third kappa shape index (κ3) is 5.45. The minimum Gasteiger partial charge on any atom is -0.366 e. The molecule has 1 saturated heterocycles. The normalized spacial score (nSPS) is 18.4. The predicted octanol–water partition coefficient (Wildman–Crippen LogP) is 2.70. The lowest BCUT2D eigenvalue weighted by atomic mass is 10.0. The smallest absolute Gasteiger partial charge is 0.281 e. The van der Waals surface area contributed by atoms with Crippen LogP contribution in [0.4, 0.5) is 29.3 Å². The first kappa shape index (κ1) is 27.0. The molecule has 5 rings (SSSR count). The Morgan fingerprint density at radius 2 is 1.95 bits per heavy atom. The summed E-state index contributed by atoms with van der Waals surface area (Å²) < 4.78 is 82.5. The van der Waals surface area contributed by atoms with E-state index in [9.17, 15) is 26.0 Å². The number of piperidine rings is 1. The average Bonchev–Trinajstić information content (AvgIpc) is 3.43. The Balaban J connectivity index is 1.52. The summed E-state index contributed by atoms with van der Waals surface area (Å²) in [4.78, 5) is 8.96. The molecule has 0 radical (unpaired) electrons. The molecule has 5 heterocycles. The Bertz CT molecular complexity index is 1620. The molecule has 1 aliphatic heterocycles. The monoisotopic (exact) mass is 570 g/mol. The number of halogens is 4. The number of aromatic nitrogens is 7. The summed E-state index contributed by atoms with van der Waals surface area (Å²) in [5, 5.41) is 17.9. The topological polar surface area (TPSA) is 135 Å². The second-order valence-corrected chi connectivity index (χ2v) is 11.6. The summed E-state index contributed by atoms with van der Waals surface area (Å²) in [7, 11) is -3.76. The van der Waals surface area contributed by atoms with Crippen LogP contribution in [0.2, 0.25) is 0 Å². The fourth-order valence-electron chi connectivity index (χ4n) is 4.45. The van der Waals surface area contributed by atoms with Crippen LogP contribution in [0.1, 0.15) is 20.3 Å². The van der Waals surface area contributed by atoms with Gasteiger partial charge in [-0.15, -0.1) is 10.2 Å². The van der Waals surface area contributed by atoms with E-state index >= 15 is 0 Å². The van der Waals surface area contributed by atoms with E-state index in [0.717, 1.165) is 15.2 Å². The lowest BCUT2D eigenvalue weighted by Gasteiger charge is -2.37. The van der Waals surface area contributed by atoms with Crippen LogP contribution in [0.5, 0.6) is 0 Å². The van der Waals surface area contributed by atoms with Crippen molar-refractivity contribution in [1.29, 1.82) is 0 Å². The average molecular weight is 571 g/mol. The zero-order chi connectivity index (χ0) is 28.1. The van der Waals surface area contributed by atoms with Crippen molar-refractivity contribution < 1.29 is 26.0 Å². The van der Waals surface area contributed by atoms with Gasteiger partial charge in [-0.2, -0.15) is 9.29 Å². The van der Waals surface area contributed by atoms with E-state index in [1.807, 2.05) is 13.8 Å². The maximum absolute atomic E-state index is 14.9. The Hall–Kier alpha value is -3.60. The molecule has 1 fully saturated rings. The van der Waals surface area contributed by atoms with Crippen LogP contribution in [0.15, 0.2) is 24.4 Å². The highest BCUT2D eigenvalue weighted by molar-refractivity contribution is 7.88. The van der Waals surface area contributed by atoms with Crippen molar-refractivity contribution >= 4 is 38.5 Å².